The molecular weight excluding hydrogens is 313 g/mol. The van der Waals surface area contributed by atoms with E-state index < -0.39 is 5.60 Å². The van der Waals surface area contributed by atoms with Gasteiger partial charge in [-0.2, -0.15) is 5.10 Å². The minimum atomic E-state index is -0.930. The third-order valence-electron chi connectivity index (χ3n) is 4.40. The quantitative estimate of drug-likeness (QED) is 0.787. The first-order valence-electron chi connectivity index (χ1n) is 7.79. The number of aromatic amines is 1. The lowest BCUT2D eigenvalue weighted by Crippen LogP contribution is -2.46. The Kier molecular flexibility index (Phi) is 5.37. The number of hydrogen-bond acceptors (Lipinski definition) is 3. The Morgan fingerprint density at radius 1 is 1.26 bits per heavy atom. The van der Waals surface area contributed by atoms with Crippen molar-refractivity contribution in [3.63, 3.8) is 0 Å². The van der Waals surface area contributed by atoms with Crippen LogP contribution in [0.25, 0.3) is 0 Å². The fraction of sp³-hybridized carbons (Fsp3) is 0.529. The Balaban J connectivity index is 2.05. The summed E-state index contributed by atoms with van der Waals surface area (Å²) in [5.41, 5.74) is -0.178. The summed E-state index contributed by atoms with van der Waals surface area (Å²) in [6.45, 7) is 6.39. The average molecular weight is 337 g/mol. The van der Waals surface area contributed by atoms with Crippen LogP contribution in [0.15, 0.2) is 30.6 Å². The SMILES string of the molecule is CC(C)(C)C(O)(CCCc1ccc(F)cc1)Cn1nc[nH]c1=S. The molecule has 0 bridgehead atoms. The van der Waals surface area contributed by atoms with Crippen LogP contribution in [0.4, 0.5) is 4.39 Å². The van der Waals surface area contributed by atoms with Gasteiger partial charge in [0.15, 0.2) is 4.77 Å². The third kappa shape index (κ3) is 4.48. The van der Waals surface area contributed by atoms with Crippen molar-refractivity contribution in [1.82, 2.24) is 14.8 Å². The van der Waals surface area contributed by atoms with Crippen molar-refractivity contribution in [2.45, 2.75) is 52.2 Å². The summed E-state index contributed by atoms with van der Waals surface area (Å²) in [5.74, 6) is -0.229. The molecule has 4 nitrogen and oxygen atoms in total. The van der Waals surface area contributed by atoms with Crippen molar-refractivity contribution >= 4 is 12.2 Å². The van der Waals surface area contributed by atoms with E-state index in [1.165, 1.54) is 18.5 Å². The number of hydrogen-bond donors (Lipinski definition) is 2. The Morgan fingerprint density at radius 3 is 2.43 bits per heavy atom. The molecule has 0 aliphatic rings. The molecule has 0 radical (unpaired) electrons. The number of nitrogens with zero attached hydrogens (tertiary/aromatic N) is 2. The van der Waals surface area contributed by atoms with Gasteiger partial charge in [-0.1, -0.05) is 32.9 Å². The highest BCUT2D eigenvalue weighted by Crippen LogP contribution is 2.36. The summed E-state index contributed by atoms with van der Waals surface area (Å²) >= 11 is 5.18. The van der Waals surface area contributed by atoms with Crippen molar-refractivity contribution in [1.29, 1.82) is 0 Å². The van der Waals surface area contributed by atoms with E-state index in [4.69, 9.17) is 12.2 Å². The predicted octanol–water partition coefficient (Wildman–Crippen LogP) is 3.88. The second kappa shape index (κ2) is 6.93. The van der Waals surface area contributed by atoms with E-state index in [2.05, 4.69) is 10.1 Å². The molecule has 1 aromatic heterocycles. The number of aliphatic hydroxyl groups is 1. The van der Waals surface area contributed by atoms with Gasteiger partial charge in [-0.15, -0.1) is 0 Å². The molecule has 0 spiro atoms. The normalized spacial score (nSPS) is 14.7. The molecule has 0 saturated heterocycles. The van der Waals surface area contributed by atoms with Crippen LogP contribution in [-0.2, 0) is 13.0 Å². The summed E-state index contributed by atoms with van der Waals surface area (Å²) in [7, 11) is 0. The lowest BCUT2D eigenvalue weighted by molar-refractivity contribution is -0.0813. The molecule has 0 fully saturated rings. The van der Waals surface area contributed by atoms with E-state index >= 15 is 0 Å². The van der Waals surface area contributed by atoms with E-state index in [0.717, 1.165) is 18.4 Å². The van der Waals surface area contributed by atoms with Gasteiger partial charge >= 0.3 is 0 Å². The number of nitrogens with one attached hydrogen (secondary N) is 1. The minimum Gasteiger partial charge on any atom is -0.387 e. The number of H-pyrrole nitrogens is 1. The smallest absolute Gasteiger partial charge is 0.195 e. The highest BCUT2D eigenvalue weighted by Gasteiger charge is 2.40. The summed E-state index contributed by atoms with van der Waals surface area (Å²) < 4.78 is 15.1. The first-order chi connectivity index (χ1) is 10.7. The third-order valence-corrected chi connectivity index (χ3v) is 4.72. The molecule has 2 rings (SSSR count). The van der Waals surface area contributed by atoms with Gasteiger partial charge in [-0.25, -0.2) is 9.07 Å². The van der Waals surface area contributed by atoms with Crippen LogP contribution in [0.3, 0.4) is 0 Å². The molecular formula is C17H24FN3OS. The molecule has 23 heavy (non-hydrogen) atoms. The first kappa shape index (κ1) is 17.8. The van der Waals surface area contributed by atoms with Crippen molar-refractivity contribution in [3.8, 4) is 0 Å². The first-order valence-corrected chi connectivity index (χ1v) is 8.19. The minimum absolute atomic E-state index is 0.229. The van der Waals surface area contributed by atoms with Crippen LogP contribution >= 0.6 is 12.2 Å². The molecule has 1 heterocycles. The van der Waals surface area contributed by atoms with Crippen molar-refractivity contribution < 1.29 is 9.50 Å². The Bertz CT molecular complexity index is 687. The van der Waals surface area contributed by atoms with Gasteiger partial charge in [0.2, 0.25) is 0 Å². The largest absolute Gasteiger partial charge is 0.387 e. The van der Waals surface area contributed by atoms with Crippen LogP contribution in [0.1, 0.15) is 39.2 Å². The summed E-state index contributed by atoms with van der Waals surface area (Å²) in [6.07, 6.45) is 3.74. The van der Waals surface area contributed by atoms with Crippen LogP contribution in [-0.4, -0.2) is 25.5 Å². The Hall–Kier alpha value is -1.53. The zero-order valence-electron chi connectivity index (χ0n) is 13.8. The van der Waals surface area contributed by atoms with Gasteiger partial charge in [-0.3, -0.25) is 0 Å². The topological polar surface area (TPSA) is 53.8 Å². The van der Waals surface area contributed by atoms with Crippen LogP contribution in [0.5, 0.6) is 0 Å². The van der Waals surface area contributed by atoms with Crippen molar-refractivity contribution in [2.75, 3.05) is 0 Å². The lowest BCUT2D eigenvalue weighted by atomic mass is 9.73. The maximum absolute atomic E-state index is 12.9. The zero-order valence-corrected chi connectivity index (χ0v) is 14.7. The monoisotopic (exact) mass is 337 g/mol. The fourth-order valence-electron chi connectivity index (χ4n) is 2.57. The molecule has 0 amide bonds. The van der Waals surface area contributed by atoms with E-state index in [1.54, 1.807) is 16.8 Å². The molecule has 0 aliphatic heterocycles. The van der Waals surface area contributed by atoms with Gasteiger partial charge in [0.05, 0.1) is 12.1 Å². The summed E-state index contributed by atoms with van der Waals surface area (Å²) in [6, 6.07) is 6.51. The van der Waals surface area contributed by atoms with Crippen molar-refractivity contribution in [3.05, 3.63) is 46.7 Å². The zero-order chi connectivity index (χ0) is 17.1. The molecule has 0 saturated carbocycles. The van der Waals surface area contributed by atoms with Gasteiger partial charge in [0.1, 0.15) is 12.1 Å². The fourth-order valence-corrected chi connectivity index (χ4v) is 2.73. The average Bonchev–Trinajstić information content (AvgIpc) is 2.85. The highest BCUT2D eigenvalue weighted by molar-refractivity contribution is 7.71. The number of aryl methyl sites for hydroxylation is 1. The Labute approximate surface area is 141 Å². The maximum Gasteiger partial charge on any atom is 0.195 e. The Morgan fingerprint density at radius 2 is 1.91 bits per heavy atom. The van der Waals surface area contributed by atoms with Gasteiger partial charge in [0.25, 0.3) is 0 Å². The number of halogens is 1. The lowest BCUT2D eigenvalue weighted by Gasteiger charge is -2.40. The van der Waals surface area contributed by atoms with E-state index in [9.17, 15) is 9.50 Å². The van der Waals surface area contributed by atoms with Crippen LogP contribution in [0.2, 0.25) is 0 Å². The van der Waals surface area contributed by atoms with Gasteiger partial charge in [0, 0.05) is 0 Å². The predicted molar refractivity (Wildman–Crippen MR) is 91.2 cm³/mol. The van der Waals surface area contributed by atoms with Crippen LogP contribution < -0.4 is 0 Å². The molecule has 1 aromatic carbocycles. The molecule has 126 valence electrons. The second-order valence-electron chi connectivity index (χ2n) is 7.01. The molecule has 2 aromatic rings. The molecule has 1 unspecified atom stereocenters. The highest BCUT2D eigenvalue weighted by atomic mass is 32.1. The molecule has 6 heteroatoms. The molecule has 1 atom stereocenters. The second-order valence-corrected chi connectivity index (χ2v) is 7.40. The number of aromatic nitrogens is 3. The van der Waals surface area contributed by atoms with E-state index in [-0.39, 0.29) is 11.2 Å². The van der Waals surface area contributed by atoms with E-state index in [1.807, 2.05) is 20.8 Å². The van der Waals surface area contributed by atoms with Crippen LogP contribution in [0, 0.1) is 16.0 Å². The van der Waals surface area contributed by atoms with Crippen molar-refractivity contribution in [2.24, 2.45) is 5.41 Å². The number of benzene rings is 1. The molecule has 0 aliphatic carbocycles. The number of rotatable bonds is 6. The van der Waals surface area contributed by atoms with E-state index in [0.29, 0.717) is 17.7 Å². The molecule has 2 N–H and O–H groups in total. The summed E-state index contributed by atoms with van der Waals surface area (Å²) in [4.78, 5) is 2.85. The van der Waals surface area contributed by atoms with Gasteiger partial charge < -0.3 is 10.1 Å². The van der Waals surface area contributed by atoms with Gasteiger partial charge in [-0.05, 0) is 54.6 Å². The standard InChI is InChI=1S/C17H24FN3OS/c1-16(2,3)17(22,11-21-15(23)19-12-20-21)10-4-5-13-6-8-14(18)9-7-13/h6-9,12,22H,4-5,10-11H2,1-3H3,(H,19,20,23). The maximum atomic E-state index is 12.9. The summed E-state index contributed by atoms with van der Waals surface area (Å²) in [5, 5.41) is 15.3.